The second kappa shape index (κ2) is 6.06. The molecule has 7 nitrogen and oxygen atoms in total. The van der Waals surface area contributed by atoms with Crippen LogP contribution in [0.5, 0.6) is 0 Å². The van der Waals surface area contributed by atoms with E-state index in [4.69, 9.17) is 21.7 Å². The lowest BCUT2D eigenvalue weighted by Gasteiger charge is -2.34. The maximum absolute atomic E-state index is 12.4. The third-order valence-electron chi connectivity index (χ3n) is 4.23. The van der Waals surface area contributed by atoms with Gasteiger partial charge < -0.3 is 4.74 Å². The van der Waals surface area contributed by atoms with Gasteiger partial charge in [-0.3, -0.25) is 20.3 Å². The number of carbonyl (C=O) groups is 1. The van der Waals surface area contributed by atoms with Crippen LogP contribution in [0.4, 0.5) is 5.69 Å². The van der Waals surface area contributed by atoms with Gasteiger partial charge in [0.15, 0.2) is 5.78 Å². The fourth-order valence-electron chi connectivity index (χ4n) is 3.16. The van der Waals surface area contributed by atoms with E-state index in [2.05, 4.69) is 0 Å². The van der Waals surface area contributed by atoms with Crippen molar-refractivity contribution in [3.8, 4) is 6.07 Å². The van der Waals surface area contributed by atoms with E-state index in [-0.39, 0.29) is 22.4 Å². The Morgan fingerprint density at radius 3 is 2.83 bits per heavy atom. The Morgan fingerprint density at radius 2 is 2.17 bits per heavy atom. The lowest BCUT2D eigenvalue weighted by atomic mass is 9.74. The lowest BCUT2D eigenvalue weighted by molar-refractivity contribution is -0.384. The van der Waals surface area contributed by atoms with Crippen molar-refractivity contribution in [2.75, 3.05) is 0 Å². The highest BCUT2D eigenvalue weighted by atomic mass is 35.5. The van der Waals surface area contributed by atoms with E-state index < -0.39 is 16.8 Å². The molecule has 0 spiro atoms. The molecule has 0 aromatic heterocycles. The first-order valence-corrected chi connectivity index (χ1v) is 7.67. The number of benzene rings is 1. The van der Waals surface area contributed by atoms with E-state index in [0.29, 0.717) is 36.2 Å². The molecule has 0 saturated carbocycles. The van der Waals surface area contributed by atoms with Crippen LogP contribution in [-0.4, -0.2) is 16.6 Å². The van der Waals surface area contributed by atoms with Crippen molar-refractivity contribution in [3.63, 3.8) is 0 Å². The number of ketones is 1. The van der Waals surface area contributed by atoms with Crippen LogP contribution in [0.1, 0.15) is 30.7 Å². The summed E-state index contributed by atoms with van der Waals surface area (Å²) in [5.74, 6) is -1.76. The molecule has 1 aromatic carbocycles. The monoisotopic (exact) mass is 345 g/mol. The SMILES string of the molecule is N#CC1C(=N)OC2=C(C(=O)CCC2)C1c1ccc(Cl)c([N+](=O)[O-])c1. The summed E-state index contributed by atoms with van der Waals surface area (Å²) in [5, 5.41) is 28.5. The van der Waals surface area contributed by atoms with E-state index in [0.717, 1.165) is 0 Å². The van der Waals surface area contributed by atoms with Crippen LogP contribution >= 0.6 is 11.6 Å². The average Bonchev–Trinajstić information content (AvgIpc) is 2.54. The zero-order valence-electron chi connectivity index (χ0n) is 12.4. The van der Waals surface area contributed by atoms with Gasteiger partial charge in [0, 0.05) is 30.4 Å². The van der Waals surface area contributed by atoms with Gasteiger partial charge in [0.1, 0.15) is 16.7 Å². The molecule has 122 valence electrons. The minimum absolute atomic E-state index is 0.0245. The minimum Gasteiger partial charge on any atom is -0.446 e. The quantitative estimate of drug-likeness (QED) is 0.650. The summed E-state index contributed by atoms with van der Waals surface area (Å²) < 4.78 is 5.38. The third-order valence-corrected chi connectivity index (χ3v) is 4.55. The molecule has 1 aliphatic heterocycles. The van der Waals surface area contributed by atoms with E-state index in [9.17, 15) is 20.2 Å². The zero-order valence-corrected chi connectivity index (χ0v) is 13.2. The fourth-order valence-corrected chi connectivity index (χ4v) is 3.34. The van der Waals surface area contributed by atoms with Crippen molar-refractivity contribution >= 4 is 29.0 Å². The Kier molecular flexibility index (Phi) is 4.08. The van der Waals surface area contributed by atoms with Gasteiger partial charge in [0.25, 0.3) is 5.69 Å². The predicted molar refractivity (Wildman–Crippen MR) is 84.6 cm³/mol. The summed E-state index contributed by atoms with van der Waals surface area (Å²) in [6, 6.07) is 6.17. The van der Waals surface area contributed by atoms with E-state index in [1.54, 1.807) is 6.07 Å². The number of nitriles is 1. The third kappa shape index (κ3) is 2.55. The number of carbonyl (C=O) groups excluding carboxylic acids is 1. The number of nitrogens with zero attached hydrogens (tertiary/aromatic N) is 2. The van der Waals surface area contributed by atoms with E-state index in [1.165, 1.54) is 12.1 Å². The molecule has 0 fully saturated rings. The Morgan fingerprint density at radius 1 is 1.42 bits per heavy atom. The highest BCUT2D eigenvalue weighted by molar-refractivity contribution is 6.32. The topological polar surface area (TPSA) is 117 Å². The number of ether oxygens (including phenoxy) is 1. The van der Waals surface area contributed by atoms with Crippen LogP contribution in [0.15, 0.2) is 29.5 Å². The maximum atomic E-state index is 12.4. The van der Waals surface area contributed by atoms with Gasteiger partial charge in [0.2, 0.25) is 5.90 Å². The minimum atomic E-state index is -1.01. The van der Waals surface area contributed by atoms with Crippen molar-refractivity contribution in [2.24, 2.45) is 5.92 Å². The van der Waals surface area contributed by atoms with Crippen LogP contribution in [-0.2, 0) is 9.53 Å². The summed E-state index contributed by atoms with van der Waals surface area (Å²) in [4.78, 5) is 22.9. The summed E-state index contributed by atoms with van der Waals surface area (Å²) in [6.07, 6.45) is 1.46. The van der Waals surface area contributed by atoms with Crippen molar-refractivity contribution in [1.29, 1.82) is 10.7 Å². The number of nitro benzene ring substituents is 1. The van der Waals surface area contributed by atoms with Crippen LogP contribution < -0.4 is 0 Å². The Labute approximate surface area is 142 Å². The average molecular weight is 346 g/mol. The van der Waals surface area contributed by atoms with Gasteiger partial charge in [-0.15, -0.1) is 0 Å². The summed E-state index contributed by atoms with van der Waals surface area (Å²) in [6.45, 7) is 0. The van der Waals surface area contributed by atoms with Gasteiger partial charge in [-0.25, -0.2) is 0 Å². The number of nitro groups is 1. The maximum Gasteiger partial charge on any atom is 0.288 e. The molecule has 1 heterocycles. The second-order valence-corrected chi connectivity index (χ2v) is 6.04. The van der Waals surface area contributed by atoms with E-state index in [1.807, 2.05) is 6.07 Å². The molecular formula is C16H12ClN3O4. The number of allylic oxidation sites excluding steroid dienone is 2. The zero-order chi connectivity index (χ0) is 17.4. The van der Waals surface area contributed by atoms with Gasteiger partial charge in [0.05, 0.1) is 11.0 Å². The smallest absolute Gasteiger partial charge is 0.288 e. The lowest BCUT2D eigenvalue weighted by Crippen LogP contribution is -2.34. The van der Waals surface area contributed by atoms with Crippen LogP contribution in [0.25, 0.3) is 0 Å². The first-order chi connectivity index (χ1) is 11.4. The number of nitrogens with one attached hydrogen (secondary N) is 1. The molecular weight excluding hydrogens is 334 g/mol. The Bertz CT molecular complexity index is 840. The van der Waals surface area contributed by atoms with Crippen LogP contribution in [0.3, 0.4) is 0 Å². The van der Waals surface area contributed by atoms with Gasteiger partial charge in [-0.05, 0) is 18.1 Å². The van der Waals surface area contributed by atoms with Crippen molar-refractivity contribution < 1.29 is 14.5 Å². The Hall–Kier alpha value is -2.72. The van der Waals surface area contributed by atoms with Gasteiger partial charge in [-0.2, -0.15) is 5.26 Å². The van der Waals surface area contributed by atoms with Gasteiger partial charge >= 0.3 is 0 Å². The molecule has 2 atom stereocenters. The van der Waals surface area contributed by atoms with Crippen molar-refractivity contribution in [3.05, 3.63) is 50.2 Å². The Balaban J connectivity index is 2.20. The predicted octanol–water partition coefficient (Wildman–Crippen LogP) is 3.49. The van der Waals surface area contributed by atoms with Crippen molar-refractivity contribution in [2.45, 2.75) is 25.2 Å². The van der Waals surface area contributed by atoms with Gasteiger partial charge in [-0.1, -0.05) is 17.7 Å². The molecule has 1 aliphatic carbocycles. The van der Waals surface area contributed by atoms with Crippen LogP contribution in [0.2, 0.25) is 5.02 Å². The first kappa shape index (κ1) is 16.1. The van der Waals surface area contributed by atoms with Crippen molar-refractivity contribution in [1.82, 2.24) is 0 Å². The fraction of sp³-hybridized carbons (Fsp3) is 0.312. The second-order valence-electron chi connectivity index (χ2n) is 5.63. The number of Topliss-reactive ketones (excluding diaryl/α,β-unsaturated/α-hetero) is 1. The molecule has 24 heavy (non-hydrogen) atoms. The first-order valence-electron chi connectivity index (χ1n) is 7.30. The normalized spacial score (nSPS) is 23.3. The number of hydrogen-bond donors (Lipinski definition) is 1. The molecule has 0 amide bonds. The molecule has 8 heteroatoms. The van der Waals surface area contributed by atoms with Crippen LogP contribution in [0, 0.1) is 32.8 Å². The molecule has 0 bridgehead atoms. The molecule has 1 N–H and O–H groups in total. The van der Waals surface area contributed by atoms with E-state index >= 15 is 0 Å². The number of rotatable bonds is 2. The molecule has 0 radical (unpaired) electrons. The highest BCUT2D eigenvalue weighted by Gasteiger charge is 2.43. The summed E-state index contributed by atoms with van der Waals surface area (Å²) in [7, 11) is 0. The number of hydrogen-bond acceptors (Lipinski definition) is 6. The highest BCUT2D eigenvalue weighted by Crippen LogP contribution is 2.44. The standard InChI is InChI=1S/C16H12ClN3O4/c17-10-5-4-8(6-11(10)20(22)23)14-9(7-18)16(19)24-13-3-1-2-12(21)15(13)14/h4-6,9,14,19H,1-3H2. The number of halogens is 1. The molecule has 1 aromatic rings. The molecule has 0 saturated heterocycles. The summed E-state index contributed by atoms with van der Waals surface area (Å²) >= 11 is 5.84. The molecule has 2 unspecified atom stereocenters. The largest absolute Gasteiger partial charge is 0.446 e. The molecule has 2 aliphatic rings. The molecule has 3 rings (SSSR count). The summed E-state index contributed by atoms with van der Waals surface area (Å²) in [5.41, 5.74) is 0.461.